The summed E-state index contributed by atoms with van der Waals surface area (Å²) < 4.78 is 2.35. The molecule has 0 bridgehead atoms. The third kappa shape index (κ3) is 2.87. The van der Waals surface area contributed by atoms with Crippen molar-refractivity contribution in [2.24, 2.45) is 13.0 Å². The quantitative estimate of drug-likeness (QED) is 0.872. The first-order chi connectivity index (χ1) is 10.2. The molecule has 2 aromatic rings. The lowest BCUT2D eigenvalue weighted by Crippen LogP contribution is -2.34. The summed E-state index contributed by atoms with van der Waals surface area (Å²) in [6.45, 7) is 5.60. The average molecular weight is 284 g/mol. The van der Waals surface area contributed by atoms with Gasteiger partial charge in [0.15, 0.2) is 0 Å². The molecule has 0 aliphatic heterocycles. The maximum atomic E-state index is 3.79. The van der Waals surface area contributed by atoms with Crippen molar-refractivity contribution in [3.63, 3.8) is 0 Å². The summed E-state index contributed by atoms with van der Waals surface area (Å²) in [4.78, 5) is 0. The Morgan fingerprint density at radius 1 is 1.19 bits per heavy atom. The summed E-state index contributed by atoms with van der Waals surface area (Å²) in [5, 5.41) is 5.18. The number of aromatic nitrogens is 1. The van der Waals surface area contributed by atoms with Crippen molar-refractivity contribution < 1.29 is 0 Å². The van der Waals surface area contributed by atoms with E-state index in [1.165, 1.54) is 54.3 Å². The zero-order chi connectivity index (χ0) is 14.8. The van der Waals surface area contributed by atoms with Crippen molar-refractivity contribution in [1.82, 2.24) is 9.88 Å². The van der Waals surface area contributed by atoms with Crippen LogP contribution >= 0.6 is 0 Å². The summed E-state index contributed by atoms with van der Waals surface area (Å²) in [6.07, 6.45) is 7.09. The van der Waals surface area contributed by atoms with Gasteiger partial charge in [-0.2, -0.15) is 0 Å². The number of nitrogens with one attached hydrogen (secondary N) is 1. The van der Waals surface area contributed by atoms with Crippen LogP contribution < -0.4 is 5.32 Å². The van der Waals surface area contributed by atoms with Crippen LogP contribution in [0.25, 0.3) is 10.9 Å². The van der Waals surface area contributed by atoms with Crippen LogP contribution in [0.2, 0.25) is 0 Å². The molecule has 1 aliphatic carbocycles. The van der Waals surface area contributed by atoms with E-state index in [1.807, 2.05) is 0 Å². The van der Waals surface area contributed by atoms with Crippen LogP contribution in [0.5, 0.6) is 0 Å². The number of rotatable bonds is 4. The fourth-order valence-corrected chi connectivity index (χ4v) is 3.95. The van der Waals surface area contributed by atoms with Crippen LogP contribution in [0.1, 0.15) is 50.3 Å². The van der Waals surface area contributed by atoms with E-state index in [1.54, 1.807) is 0 Å². The van der Waals surface area contributed by atoms with Crippen LogP contribution in [0.4, 0.5) is 0 Å². The minimum Gasteiger partial charge on any atom is -0.346 e. The highest BCUT2D eigenvalue weighted by molar-refractivity contribution is 5.85. The molecule has 114 valence electrons. The van der Waals surface area contributed by atoms with Gasteiger partial charge in [-0.25, -0.2) is 0 Å². The van der Waals surface area contributed by atoms with E-state index >= 15 is 0 Å². The maximum absolute atomic E-state index is 3.79. The zero-order valence-corrected chi connectivity index (χ0v) is 13.7. The number of aryl methyl sites for hydroxylation is 2. The fourth-order valence-electron chi connectivity index (χ4n) is 3.95. The number of hydrogen-bond acceptors (Lipinski definition) is 1. The average Bonchev–Trinajstić information content (AvgIpc) is 2.78. The standard InChI is InChI=1S/C19H28N2/c1-14-17-11-7-8-12-18(17)21(3)19(14)13-20-15(2)16-9-5-4-6-10-16/h7-8,11-12,15-16,20H,4-6,9-10,13H2,1-3H3/t15-/m1/s1. The molecular formula is C19H28N2. The van der Waals surface area contributed by atoms with Crippen molar-refractivity contribution in [1.29, 1.82) is 0 Å². The summed E-state index contributed by atoms with van der Waals surface area (Å²) >= 11 is 0. The van der Waals surface area contributed by atoms with Gasteiger partial charge in [0, 0.05) is 36.2 Å². The van der Waals surface area contributed by atoms with Crippen molar-refractivity contribution >= 4 is 10.9 Å². The van der Waals surface area contributed by atoms with Gasteiger partial charge in [0.1, 0.15) is 0 Å². The molecule has 0 amide bonds. The molecule has 1 heterocycles. The lowest BCUT2D eigenvalue weighted by Gasteiger charge is -2.28. The first-order valence-electron chi connectivity index (χ1n) is 8.44. The van der Waals surface area contributed by atoms with Gasteiger partial charge in [-0.15, -0.1) is 0 Å². The molecule has 1 saturated carbocycles. The summed E-state index contributed by atoms with van der Waals surface area (Å²) in [6, 6.07) is 9.35. The van der Waals surface area contributed by atoms with Crippen LogP contribution in [-0.4, -0.2) is 10.6 Å². The smallest absolute Gasteiger partial charge is 0.0483 e. The second-order valence-corrected chi connectivity index (χ2v) is 6.72. The van der Waals surface area contributed by atoms with Gasteiger partial charge in [-0.3, -0.25) is 0 Å². The molecule has 0 unspecified atom stereocenters. The molecule has 0 radical (unpaired) electrons. The van der Waals surface area contributed by atoms with E-state index in [2.05, 4.69) is 55.0 Å². The Balaban J connectivity index is 1.73. The highest BCUT2D eigenvalue weighted by atomic mass is 15.0. The van der Waals surface area contributed by atoms with Crippen LogP contribution in [-0.2, 0) is 13.6 Å². The third-order valence-corrected chi connectivity index (χ3v) is 5.46. The summed E-state index contributed by atoms with van der Waals surface area (Å²) in [5.74, 6) is 0.869. The topological polar surface area (TPSA) is 17.0 Å². The lowest BCUT2D eigenvalue weighted by atomic mass is 9.84. The molecule has 3 rings (SSSR count). The minimum atomic E-state index is 0.628. The van der Waals surface area contributed by atoms with Crippen molar-refractivity contribution in [2.75, 3.05) is 0 Å². The number of nitrogens with zero attached hydrogens (tertiary/aromatic N) is 1. The van der Waals surface area contributed by atoms with Gasteiger partial charge in [-0.1, -0.05) is 37.5 Å². The highest BCUT2D eigenvalue weighted by Crippen LogP contribution is 2.27. The monoisotopic (exact) mass is 284 g/mol. The molecule has 1 aromatic carbocycles. The number of para-hydroxylation sites is 1. The highest BCUT2D eigenvalue weighted by Gasteiger charge is 2.20. The van der Waals surface area contributed by atoms with Gasteiger partial charge in [-0.05, 0) is 44.2 Å². The van der Waals surface area contributed by atoms with E-state index in [-0.39, 0.29) is 0 Å². The Morgan fingerprint density at radius 2 is 1.90 bits per heavy atom. The minimum absolute atomic E-state index is 0.628. The van der Waals surface area contributed by atoms with E-state index < -0.39 is 0 Å². The second kappa shape index (κ2) is 6.23. The van der Waals surface area contributed by atoms with Crippen LogP contribution in [0.3, 0.4) is 0 Å². The molecule has 0 spiro atoms. The molecule has 1 aromatic heterocycles. The molecule has 1 fully saturated rings. The van der Waals surface area contributed by atoms with Gasteiger partial charge in [0.2, 0.25) is 0 Å². The molecule has 1 atom stereocenters. The predicted octanol–water partition coefficient (Wildman–Crippen LogP) is 4.55. The fraction of sp³-hybridized carbons (Fsp3) is 0.579. The number of hydrogen-bond donors (Lipinski definition) is 1. The van der Waals surface area contributed by atoms with E-state index in [4.69, 9.17) is 0 Å². The Hall–Kier alpha value is -1.28. The van der Waals surface area contributed by atoms with Gasteiger partial charge in [0.05, 0.1) is 0 Å². The predicted molar refractivity (Wildman–Crippen MR) is 90.5 cm³/mol. The molecule has 2 nitrogen and oxygen atoms in total. The largest absolute Gasteiger partial charge is 0.346 e. The maximum Gasteiger partial charge on any atom is 0.0483 e. The number of benzene rings is 1. The van der Waals surface area contributed by atoms with Crippen molar-refractivity contribution in [3.8, 4) is 0 Å². The Bertz CT molecular complexity index is 566. The van der Waals surface area contributed by atoms with Crippen LogP contribution in [0, 0.1) is 12.8 Å². The second-order valence-electron chi connectivity index (χ2n) is 6.72. The van der Waals surface area contributed by atoms with E-state index in [9.17, 15) is 0 Å². The number of fused-ring (bicyclic) bond motifs is 1. The molecule has 1 N–H and O–H groups in total. The molecular weight excluding hydrogens is 256 g/mol. The molecule has 2 heteroatoms. The Morgan fingerprint density at radius 3 is 2.62 bits per heavy atom. The Labute approximate surface area is 128 Å². The van der Waals surface area contributed by atoms with Crippen molar-refractivity contribution in [2.45, 2.75) is 58.5 Å². The first kappa shape index (κ1) is 14.6. The van der Waals surface area contributed by atoms with Gasteiger partial charge in [0.25, 0.3) is 0 Å². The van der Waals surface area contributed by atoms with E-state index in [0.717, 1.165) is 12.5 Å². The summed E-state index contributed by atoms with van der Waals surface area (Å²) in [7, 11) is 2.19. The van der Waals surface area contributed by atoms with Crippen LogP contribution in [0.15, 0.2) is 24.3 Å². The molecule has 21 heavy (non-hydrogen) atoms. The third-order valence-electron chi connectivity index (χ3n) is 5.46. The normalized spacial score (nSPS) is 18.2. The first-order valence-corrected chi connectivity index (χ1v) is 8.44. The van der Waals surface area contributed by atoms with Gasteiger partial charge >= 0.3 is 0 Å². The Kier molecular flexibility index (Phi) is 4.34. The summed E-state index contributed by atoms with van der Waals surface area (Å²) in [5.41, 5.74) is 4.20. The lowest BCUT2D eigenvalue weighted by molar-refractivity contribution is 0.279. The van der Waals surface area contributed by atoms with Crippen molar-refractivity contribution in [3.05, 3.63) is 35.5 Å². The van der Waals surface area contributed by atoms with E-state index in [0.29, 0.717) is 6.04 Å². The molecule has 1 aliphatic rings. The molecule has 0 saturated heterocycles. The van der Waals surface area contributed by atoms with Gasteiger partial charge < -0.3 is 9.88 Å². The zero-order valence-electron chi connectivity index (χ0n) is 13.7. The SMILES string of the molecule is Cc1c(CN[C@H](C)C2CCCCC2)n(C)c2ccccc12.